The molecule has 2 rings (SSSR count). The molecule has 9 heteroatoms. The number of aromatic nitrogens is 2. The predicted octanol–water partition coefficient (Wildman–Crippen LogP) is 1.09. The van der Waals surface area contributed by atoms with Gasteiger partial charge in [-0.15, -0.1) is 0 Å². The Morgan fingerprint density at radius 1 is 1.39 bits per heavy atom. The topological polar surface area (TPSA) is 108 Å². The molecule has 8 nitrogen and oxygen atoms in total. The van der Waals surface area contributed by atoms with Crippen molar-refractivity contribution < 1.29 is 17.9 Å². The predicted molar refractivity (Wildman–Crippen MR) is 87.3 cm³/mol. The summed E-state index contributed by atoms with van der Waals surface area (Å²) in [5, 5.41) is 0. The number of hydrogen-bond donors (Lipinski definition) is 1. The fourth-order valence-electron chi connectivity index (χ4n) is 1.93. The molecule has 0 saturated carbocycles. The van der Waals surface area contributed by atoms with Gasteiger partial charge < -0.3 is 10.5 Å². The molecular weight excluding hydrogens is 320 g/mol. The molecule has 0 saturated heterocycles. The van der Waals surface area contributed by atoms with Crippen LogP contribution in [0.4, 0.5) is 5.95 Å². The third kappa shape index (κ3) is 3.30. The number of carbonyl (C=O) groups excluding carboxylic acids is 1. The lowest BCUT2D eigenvalue weighted by Gasteiger charge is -2.14. The van der Waals surface area contributed by atoms with Crippen LogP contribution in [-0.4, -0.2) is 48.4 Å². The number of imidazole rings is 1. The van der Waals surface area contributed by atoms with Gasteiger partial charge in [-0.05, 0) is 24.1 Å². The summed E-state index contributed by atoms with van der Waals surface area (Å²) >= 11 is 0. The van der Waals surface area contributed by atoms with E-state index in [1.165, 1.54) is 26.2 Å². The Labute approximate surface area is 135 Å². The largest absolute Gasteiger partial charge is 0.462 e. The molecule has 0 aliphatic carbocycles. The fraction of sp³-hybridized carbons (Fsp3) is 0.429. The Hall–Kier alpha value is -2.13. The minimum atomic E-state index is -3.85. The Bertz CT molecular complexity index is 840. The van der Waals surface area contributed by atoms with Crippen LogP contribution >= 0.6 is 0 Å². The molecular formula is C14H20N4O4S. The standard InChI is InChI=1S/C14H20N4O4S/c1-9(2)8-22-13(19)10-5-6-11-12(7-10)18(14(15)16-11)23(20,21)17(3)4/h5-7,9H,8H2,1-4H3,(H2,15,16). The van der Waals surface area contributed by atoms with E-state index in [1.54, 1.807) is 6.07 Å². The number of ether oxygens (including phenoxy) is 1. The van der Waals surface area contributed by atoms with Gasteiger partial charge >= 0.3 is 16.2 Å². The van der Waals surface area contributed by atoms with E-state index in [1.807, 2.05) is 13.8 Å². The molecule has 0 radical (unpaired) electrons. The zero-order valence-electron chi connectivity index (χ0n) is 13.5. The molecule has 1 heterocycles. The van der Waals surface area contributed by atoms with E-state index >= 15 is 0 Å². The Balaban J connectivity index is 2.53. The minimum Gasteiger partial charge on any atom is -0.462 e. The van der Waals surface area contributed by atoms with Crippen molar-refractivity contribution >= 4 is 33.2 Å². The van der Waals surface area contributed by atoms with E-state index in [2.05, 4.69) is 4.98 Å². The number of esters is 1. The monoisotopic (exact) mass is 340 g/mol. The number of nitrogen functional groups attached to an aromatic ring is 1. The van der Waals surface area contributed by atoms with Crippen molar-refractivity contribution in [2.75, 3.05) is 26.4 Å². The van der Waals surface area contributed by atoms with Crippen molar-refractivity contribution in [3.05, 3.63) is 23.8 Å². The minimum absolute atomic E-state index is 0.165. The van der Waals surface area contributed by atoms with Crippen LogP contribution in [0.15, 0.2) is 18.2 Å². The first kappa shape index (κ1) is 17.2. The third-order valence-corrected chi connectivity index (χ3v) is 4.88. The molecule has 0 atom stereocenters. The lowest BCUT2D eigenvalue weighted by molar-refractivity contribution is 0.0459. The summed E-state index contributed by atoms with van der Waals surface area (Å²) in [5.41, 5.74) is 6.59. The quantitative estimate of drug-likeness (QED) is 0.816. The smallest absolute Gasteiger partial charge is 0.338 e. The summed E-state index contributed by atoms with van der Waals surface area (Å²) in [6, 6.07) is 4.49. The number of nitrogens with two attached hydrogens (primary N) is 1. The van der Waals surface area contributed by atoms with Gasteiger partial charge in [0.05, 0.1) is 23.2 Å². The highest BCUT2D eigenvalue weighted by molar-refractivity contribution is 7.87. The number of benzene rings is 1. The lowest BCUT2D eigenvalue weighted by atomic mass is 10.2. The van der Waals surface area contributed by atoms with Crippen molar-refractivity contribution in [1.82, 2.24) is 13.3 Å². The van der Waals surface area contributed by atoms with Crippen LogP contribution in [0.2, 0.25) is 0 Å². The molecule has 126 valence electrons. The first-order valence-electron chi connectivity index (χ1n) is 7.02. The molecule has 2 N–H and O–H groups in total. The van der Waals surface area contributed by atoms with Crippen molar-refractivity contribution in [3.8, 4) is 0 Å². The van der Waals surface area contributed by atoms with Crippen molar-refractivity contribution in [2.24, 2.45) is 5.92 Å². The second-order valence-corrected chi connectivity index (χ2v) is 7.71. The van der Waals surface area contributed by atoms with E-state index in [9.17, 15) is 13.2 Å². The molecule has 23 heavy (non-hydrogen) atoms. The highest BCUT2D eigenvalue weighted by Gasteiger charge is 2.24. The first-order valence-corrected chi connectivity index (χ1v) is 8.42. The van der Waals surface area contributed by atoms with Gasteiger partial charge in [-0.3, -0.25) is 0 Å². The van der Waals surface area contributed by atoms with Crippen molar-refractivity contribution in [1.29, 1.82) is 0 Å². The van der Waals surface area contributed by atoms with E-state index in [4.69, 9.17) is 10.5 Å². The van der Waals surface area contributed by atoms with Crippen LogP contribution in [0, 0.1) is 5.92 Å². The highest BCUT2D eigenvalue weighted by atomic mass is 32.2. The average molecular weight is 340 g/mol. The molecule has 0 amide bonds. The summed E-state index contributed by atoms with van der Waals surface area (Å²) in [7, 11) is -1.07. The van der Waals surface area contributed by atoms with Crippen LogP contribution in [-0.2, 0) is 14.9 Å². The number of carbonyl (C=O) groups is 1. The molecule has 2 aromatic rings. The average Bonchev–Trinajstić information content (AvgIpc) is 2.79. The summed E-state index contributed by atoms with van der Waals surface area (Å²) in [6.45, 7) is 4.14. The Morgan fingerprint density at radius 2 is 2.04 bits per heavy atom. The van der Waals surface area contributed by atoms with Crippen LogP contribution in [0.25, 0.3) is 11.0 Å². The summed E-state index contributed by atoms with van der Waals surface area (Å²) in [4.78, 5) is 16.1. The van der Waals surface area contributed by atoms with Gasteiger partial charge in [0, 0.05) is 14.1 Å². The van der Waals surface area contributed by atoms with E-state index in [0.29, 0.717) is 5.52 Å². The maximum absolute atomic E-state index is 12.4. The van der Waals surface area contributed by atoms with E-state index in [0.717, 1.165) is 8.28 Å². The molecule has 0 aliphatic rings. The normalized spacial score (nSPS) is 12.3. The molecule has 0 spiro atoms. The number of rotatable bonds is 5. The lowest BCUT2D eigenvalue weighted by Crippen LogP contribution is -2.29. The maximum atomic E-state index is 12.4. The number of hydrogen-bond acceptors (Lipinski definition) is 6. The van der Waals surface area contributed by atoms with Crippen molar-refractivity contribution in [2.45, 2.75) is 13.8 Å². The number of anilines is 1. The number of fused-ring (bicyclic) bond motifs is 1. The molecule has 1 aromatic carbocycles. The molecule has 0 aliphatic heterocycles. The van der Waals surface area contributed by atoms with E-state index < -0.39 is 16.2 Å². The Kier molecular flexibility index (Phi) is 4.62. The molecule has 1 aromatic heterocycles. The van der Waals surface area contributed by atoms with E-state index in [-0.39, 0.29) is 29.6 Å². The number of nitrogens with zero attached hydrogens (tertiary/aromatic N) is 3. The Morgan fingerprint density at radius 3 is 2.61 bits per heavy atom. The zero-order valence-corrected chi connectivity index (χ0v) is 14.3. The first-order chi connectivity index (χ1) is 10.6. The summed E-state index contributed by atoms with van der Waals surface area (Å²) in [6.07, 6.45) is 0. The van der Waals surface area contributed by atoms with Gasteiger partial charge in [0.25, 0.3) is 0 Å². The van der Waals surface area contributed by atoms with Crippen LogP contribution in [0.5, 0.6) is 0 Å². The highest BCUT2D eigenvalue weighted by Crippen LogP contribution is 2.23. The second-order valence-electron chi connectivity index (χ2n) is 5.72. The summed E-state index contributed by atoms with van der Waals surface area (Å²) in [5.74, 6) is -0.478. The third-order valence-electron chi connectivity index (χ3n) is 3.11. The summed E-state index contributed by atoms with van der Waals surface area (Å²) < 4.78 is 31.8. The van der Waals surface area contributed by atoms with Crippen LogP contribution in [0.3, 0.4) is 0 Å². The second kappa shape index (κ2) is 6.17. The molecule has 0 bridgehead atoms. The maximum Gasteiger partial charge on any atom is 0.338 e. The zero-order chi connectivity index (χ0) is 17.4. The molecule has 0 unspecified atom stereocenters. The van der Waals surface area contributed by atoms with Crippen molar-refractivity contribution in [3.63, 3.8) is 0 Å². The van der Waals surface area contributed by atoms with Crippen LogP contribution in [0.1, 0.15) is 24.2 Å². The van der Waals surface area contributed by atoms with Gasteiger partial charge in [0.1, 0.15) is 0 Å². The van der Waals surface area contributed by atoms with Gasteiger partial charge in [-0.1, -0.05) is 13.8 Å². The van der Waals surface area contributed by atoms with Gasteiger partial charge in [0.2, 0.25) is 5.95 Å². The SMILES string of the molecule is CC(C)COC(=O)c1ccc2nc(N)n(S(=O)(=O)N(C)C)c2c1. The van der Waals surface area contributed by atoms with Gasteiger partial charge in [0.15, 0.2) is 0 Å². The fourth-order valence-corrected chi connectivity index (χ4v) is 2.93. The van der Waals surface area contributed by atoms with Crippen LogP contribution < -0.4 is 5.73 Å². The molecule has 0 fully saturated rings. The van der Waals surface area contributed by atoms with Gasteiger partial charge in [-0.2, -0.15) is 16.7 Å². The van der Waals surface area contributed by atoms with Gasteiger partial charge in [-0.25, -0.2) is 9.78 Å².